The molecule has 0 spiro atoms. The molecule has 1 fully saturated rings. The fourth-order valence-electron chi connectivity index (χ4n) is 1.96. The SMILES string of the molecule is CC#CC1CCN(C(=O)CC(C)C)CC1. The molecule has 0 aromatic carbocycles. The van der Waals surface area contributed by atoms with Crippen LogP contribution in [0.2, 0.25) is 0 Å². The summed E-state index contributed by atoms with van der Waals surface area (Å²) in [5.41, 5.74) is 0. The van der Waals surface area contributed by atoms with Crippen LogP contribution in [0, 0.1) is 23.7 Å². The van der Waals surface area contributed by atoms with Gasteiger partial charge in [0.25, 0.3) is 0 Å². The van der Waals surface area contributed by atoms with Gasteiger partial charge in [-0.2, -0.15) is 0 Å². The van der Waals surface area contributed by atoms with Crippen LogP contribution in [-0.2, 0) is 4.79 Å². The Bertz CT molecular complexity index is 264. The van der Waals surface area contributed by atoms with Gasteiger partial charge in [-0.3, -0.25) is 4.79 Å². The van der Waals surface area contributed by atoms with E-state index in [-0.39, 0.29) is 0 Å². The zero-order valence-corrected chi connectivity index (χ0v) is 10.0. The van der Waals surface area contributed by atoms with Gasteiger partial charge >= 0.3 is 0 Å². The van der Waals surface area contributed by atoms with E-state index in [0.29, 0.717) is 24.2 Å². The number of hydrogen-bond acceptors (Lipinski definition) is 1. The Balaban J connectivity index is 2.35. The van der Waals surface area contributed by atoms with Crippen molar-refractivity contribution in [1.82, 2.24) is 4.90 Å². The minimum absolute atomic E-state index is 0.313. The number of piperidine rings is 1. The summed E-state index contributed by atoms with van der Waals surface area (Å²) in [6.45, 7) is 7.85. The van der Waals surface area contributed by atoms with E-state index >= 15 is 0 Å². The van der Waals surface area contributed by atoms with Crippen molar-refractivity contribution < 1.29 is 4.79 Å². The van der Waals surface area contributed by atoms with E-state index in [4.69, 9.17) is 0 Å². The van der Waals surface area contributed by atoms with Crippen LogP contribution >= 0.6 is 0 Å². The highest BCUT2D eigenvalue weighted by Gasteiger charge is 2.21. The monoisotopic (exact) mass is 207 g/mol. The number of rotatable bonds is 2. The lowest BCUT2D eigenvalue weighted by Crippen LogP contribution is -2.38. The maximum absolute atomic E-state index is 11.8. The van der Waals surface area contributed by atoms with Crippen molar-refractivity contribution in [2.45, 2.75) is 40.0 Å². The zero-order valence-electron chi connectivity index (χ0n) is 10.0. The first kappa shape index (κ1) is 12.1. The second kappa shape index (κ2) is 5.80. The number of carbonyl (C=O) groups is 1. The molecule has 0 saturated carbocycles. The van der Waals surface area contributed by atoms with Gasteiger partial charge in [0, 0.05) is 25.4 Å². The summed E-state index contributed by atoms with van der Waals surface area (Å²) >= 11 is 0. The van der Waals surface area contributed by atoms with Gasteiger partial charge in [-0.1, -0.05) is 13.8 Å². The third-order valence-electron chi connectivity index (χ3n) is 2.78. The molecule has 84 valence electrons. The first-order valence-electron chi connectivity index (χ1n) is 5.83. The van der Waals surface area contributed by atoms with E-state index in [1.807, 2.05) is 11.8 Å². The second-order valence-corrected chi connectivity index (χ2v) is 4.65. The molecule has 1 amide bonds. The summed E-state index contributed by atoms with van der Waals surface area (Å²) in [5.74, 6) is 7.45. The van der Waals surface area contributed by atoms with Gasteiger partial charge in [-0.05, 0) is 25.7 Å². The van der Waals surface area contributed by atoms with E-state index in [0.717, 1.165) is 25.9 Å². The van der Waals surface area contributed by atoms with Crippen molar-refractivity contribution in [3.8, 4) is 11.8 Å². The highest BCUT2D eigenvalue weighted by Crippen LogP contribution is 2.17. The summed E-state index contributed by atoms with van der Waals surface area (Å²) in [6.07, 6.45) is 2.78. The molecule has 1 heterocycles. The Morgan fingerprint density at radius 1 is 1.40 bits per heavy atom. The molecule has 0 aliphatic carbocycles. The molecular weight excluding hydrogens is 186 g/mol. The fourth-order valence-corrected chi connectivity index (χ4v) is 1.96. The molecule has 2 heteroatoms. The van der Waals surface area contributed by atoms with Crippen LogP contribution in [0.1, 0.15) is 40.0 Å². The van der Waals surface area contributed by atoms with E-state index in [2.05, 4.69) is 25.7 Å². The van der Waals surface area contributed by atoms with Gasteiger partial charge in [-0.25, -0.2) is 0 Å². The van der Waals surface area contributed by atoms with Crippen LogP contribution in [0.3, 0.4) is 0 Å². The first-order valence-corrected chi connectivity index (χ1v) is 5.83. The van der Waals surface area contributed by atoms with Crippen LogP contribution in [-0.4, -0.2) is 23.9 Å². The summed E-state index contributed by atoms with van der Waals surface area (Å²) in [5, 5.41) is 0. The number of carbonyl (C=O) groups excluding carboxylic acids is 1. The minimum atomic E-state index is 0.313. The van der Waals surface area contributed by atoms with Gasteiger partial charge < -0.3 is 4.90 Å². The van der Waals surface area contributed by atoms with Gasteiger partial charge in [-0.15, -0.1) is 11.8 Å². The maximum atomic E-state index is 11.8. The number of hydrogen-bond donors (Lipinski definition) is 0. The third-order valence-corrected chi connectivity index (χ3v) is 2.78. The van der Waals surface area contributed by atoms with Crippen LogP contribution in [0.25, 0.3) is 0 Å². The van der Waals surface area contributed by atoms with Crippen molar-refractivity contribution in [3.63, 3.8) is 0 Å². The Labute approximate surface area is 93.0 Å². The van der Waals surface area contributed by atoms with Crippen LogP contribution in [0.5, 0.6) is 0 Å². The highest BCUT2D eigenvalue weighted by molar-refractivity contribution is 5.76. The average Bonchev–Trinajstić information content (AvgIpc) is 2.18. The number of likely N-dealkylation sites (tertiary alicyclic amines) is 1. The molecule has 0 bridgehead atoms. The lowest BCUT2D eigenvalue weighted by atomic mass is 9.97. The molecule has 0 aromatic heterocycles. The quantitative estimate of drug-likeness (QED) is 0.636. The largest absolute Gasteiger partial charge is 0.343 e. The van der Waals surface area contributed by atoms with Crippen LogP contribution in [0.15, 0.2) is 0 Å². The summed E-state index contributed by atoms with van der Waals surface area (Å²) in [4.78, 5) is 13.8. The summed E-state index contributed by atoms with van der Waals surface area (Å²) < 4.78 is 0. The smallest absolute Gasteiger partial charge is 0.222 e. The molecule has 1 saturated heterocycles. The topological polar surface area (TPSA) is 20.3 Å². The van der Waals surface area contributed by atoms with Crippen molar-refractivity contribution in [3.05, 3.63) is 0 Å². The Morgan fingerprint density at radius 2 is 2.00 bits per heavy atom. The first-order chi connectivity index (χ1) is 7.13. The summed E-state index contributed by atoms with van der Waals surface area (Å²) in [7, 11) is 0. The van der Waals surface area contributed by atoms with Gasteiger partial charge in [0.2, 0.25) is 5.91 Å². The van der Waals surface area contributed by atoms with Gasteiger partial charge in [0.05, 0.1) is 0 Å². The molecule has 2 nitrogen and oxygen atoms in total. The van der Waals surface area contributed by atoms with Crippen molar-refractivity contribution in [1.29, 1.82) is 0 Å². The molecule has 15 heavy (non-hydrogen) atoms. The van der Waals surface area contributed by atoms with E-state index in [9.17, 15) is 4.79 Å². The lowest BCUT2D eigenvalue weighted by Gasteiger charge is -2.30. The molecule has 1 aliphatic rings. The maximum Gasteiger partial charge on any atom is 0.222 e. The molecular formula is C13H21NO. The second-order valence-electron chi connectivity index (χ2n) is 4.65. The van der Waals surface area contributed by atoms with E-state index < -0.39 is 0 Å². The number of amides is 1. The Kier molecular flexibility index (Phi) is 4.68. The minimum Gasteiger partial charge on any atom is -0.343 e. The van der Waals surface area contributed by atoms with Crippen molar-refractivity contribution in [2.24, 2.45) is 11.8 Å². The van der Waals surface area contributed by atoms with Gasteiger partial charge in [0.1, 0.15) is 0 Å². The van der Waals surface area contributed by atoms with Crippen LogP contribution in [0.4, 0.5) is 0 Å². The fraction of sp³-hybridized carbons (Fsp3) is 0.769. The molecule has 0 unspecified atom stereocenters. The molecule has 0 aromatic rings. The van der Waals surface area contributed by atoms with E-state index in [1.54, 1.807) is 0 Å². The Hall–Kier alpha value is -0.970. The van der Waals surface area contributed by atoms with Crippen molar-refractivity contribution in [2.75, 3.05) is 13.1 Å². The molecule has 1 aliphatic heterocycles. The third kappa shape index (κ3) is 3.95. The molecule has 0 atom stereocenters. The summed E-state index contributed by atoms with van der Waals surface area (Å²) in [6, 6.07) is 0. The zero-order chi connectivity index (χ0) is 11.3. The predicted octanol–water partition coefficient (Wildman–Crippen LogP) is 2.29. The number of nitrogens with zero attached hydrogens (tertiary/aromatic N) is 1. The highest BCUT2D eigenvalue weighted by atomic mass is 16.2. The van der Waals surface area contributed by atoms with E-state index in [1.165, 1.54) is 0 Å². The lowest BCUT2D eigenvalue weighted by molar-refractivity contribution is -0.133. The van der Waals surface area contributed by atoms with Gasteiger partial charge in [0.15, 0.2) is 0 Å². The Morgan fingerprint density at radius 3 is 2.47 bits per heavy atom. The molecule has 0 radical (unpaired) electrons. The predicted molar refractivity (Wildman–Crippen MR) is 62.2 cm³/mol. The van der Waals surface area contributed by atoms with Crippen LogP contribution < -0.4 is 0 Å². The normalized spacial score (nSPS) is 17.5. The molecule has 1 rings (SSSR count). The van der Waals surface area contributed by atoms with Crippen molar-refractivity contribution >= 4 is 5.91 Å². The average molecular weight is 207 g/mol. The molecule has 0 N–H and O–H groups in total. The standard InChI is InChI=1S/C13H21NO/c1-4-5-12-6-8-14(9-7-12)13(15)10-11(2)3/h11-12H,6-10H2,1-3H3.